The molecule has 2 N–H and O–H groups in total. The van der Waals surface area contributed by atoms with Crippen molar-refractivity contribution < 1.29 is 36.7 Å². The van der Waals surface area contributed by atoms with Gasteiger partial charge in [0, 0.05) is 5.69 Å². The lowest BCUT2D eigenvalue weighted by atomic mass is 10.1. The van der Waals surface area contributed by atoms with Crippen molar-refractivity contribution in [2.75, 3.05) is 24.4 Å². The Labute approximate surface area is 174 Å². The van der Waals surface area contributed by atoms with Crippen molar-refractivity contribution >= 4 is 23.2 Å². The molecule has 31 heavy (non-hydrogen) atoms. The van der Waals surface area contributed by atoms with E-state index < -0.39 is 35.8 Å². The molecular weight excluding hydrogens is 417 g/mol. The molecule has 162 valence electrons. The van der Waals surface area contributed by atoms with Crippen molar-refractivity contribution in [1.29, 1.82) is 0 Å². The van der Waals surface area contributed by atoms with E-state index in [0.29, 0.717) is 5.75 Å². The van der Waals surface area contributed by atoms with Gasteiger partial charge >= 0.3 is 6.18 Å². The molecule has 3 aromatic rings. The number of methoxy groups -OCH3 is 1. The third-order valence-corrected chi connectivity index (χ3v) is 4.03. The van der Waals surface area contributed by atoms with E-state index >= 15 is 0 Å². The van der Waals surface area contributed by atoms with Gasteiger partial charge in [0.05, 0.1) is 24.6 Å². The molecule has 3 rings (SSSR count). The fourth-order valence-corrected chi connectivity index (χ4v) is 2.63. The fourth-order valence-electron chi connectivity index (χ4n) is 2.63. The maximum absolute atomic E-state index is 13.5. The van der Waals surface area contributed by atoms with E-state index in [1.54, 1.807) is 24.3 Å². The molecule has 10 heteroatoms. The molecule has 2 aromatic carbocycles. The number of halogens is 3. The number of ether oxygens (including phenoxy) is 2. The van der Waals surface area contributed by atoms with Crippen molar-refractivity contribution in [2.45, 2.75) is 6.18 Å². The van der Waals surface area contributed by atoms with Crippen LogP contribution in [0.4, 0.5) is 24.5 Å². The number of para-hydroxylation sites is 2. The van der Waals surface area contributed by atoms with Gasteiger partial charge in [-0.3, -0.25) is 9.59 Å². The highest BCUT2D eigenvalue weighted by Crippen LogP contribution is 2.36. The summed E-state index contributed by atoms with van der Waals surface area (Å²) in [5.41, 5.74) is -1.72. The van der Waals surface area contributed by atoms with E-state index in [0.717, 1.165) is 12.1 Å². The van der Waals surface area contributed by atoms with E-state index in [1.807, 2.05) is 0 Å². The van der Waals surface area contributed by atoms with Gasteiger partial charge in [-0.2, -0.15) is 13.2 Å². The molecule has 0 aliphatic heterocycles. The van der Waals surface area contributed by atoms with Crippen molar-refractivity contribution in [3.8, 4) is 11.5 Å². The van der Waals surface area contributed by atoms with Crippen LogP contribution in [0.3, 0.4) is 0 Å². The van der Waals surface area contributed by atoms with Crippen LogP contribution in [0.1, 0.15) is 16.1 Å². The molecule has 1 heterocycles. The molecule has 0 unspecified atom stereocenters. The predicted octanol–water partition coefficient (Wildman–Crippen LogP) is 4.58. The summed E-state index contributed by atoms with van der Waals surface area (Å²) in [7, 11) is 1.42. The molecule has 0 spiro atoms. The van der Waals surface area contributed by atoms with Crippen LogP contribution in [0.2, 0.25) is 0 Å². The molecule has 1 aromatic heterocycles. The predicted molar refractivity (Wildman–Crippen MR) is 105 cm³/mol. The van der Waals surface area contributed by atoms with Gasteiger partial charge < -0.3 is 24.5 Å². The molecular formula is C21H17F3N2O5. The second kappa shape index (κ2) is 9.24. The number of rotatable bonds is 7. The number of anilines is 2. The van der Waals surface area contributed by atoms with Gasteiger partial charge in [0.2, 0.25) is 0 Å². The molecule has 7 nitrogen and oxygen atoms in total. The average molecular weight is 434 g/mol. The first-order chi connectivity index (χ1) is 14.8. The lowest BCUT2D eigenvalue weighted by molar-refractivity contribution is -0.137. The summed E-state index contributed by atoms with van der Waals surface area (Å²) in [6.07, 6.45) is -3.51. The first-order valence-corrected chi connectivity index (χ1v) is 8.89. The summed E-state index contributed by atoms with van der Waals surface area (Å²) in [4.78, 5) is 24.1. The third kappa shape index (κ3) is 5.56. The molecule has 0 saturated heterocycles. The number of alkyl halides is 3. The van der Waals surface area contributed by atoms with E-state index in [9.17, 15) is 22.8 Å². The standard InChI is InChI=1S/C21H17F3N2O5/c1-29-16-5-2-3-6-17(16)31-12-19(27)26-15-9-8-13(11-14(15)21(22,23)24)25-20(28)18-7-4-10-30-18/h2-11H,12H2,1H3,(H,25,28)(H,26,27). The summed E-state index contributed by atoms with van der Waals surface area (Å²) in [6.45, 7) is -0.533. The summed E-state index contributed by atoms with van der Waals surface area (Å²) >= 11 is 0. The van der Waals surface area contributed by atoms with Crippen LogP contribution in [0.5, 0.6) is 11.5 Å². The van der Waals surface area contributed by atoms with E-state index in [1.165, 1.54) is 31.6 Å². The van der Waals surface area contributed by atoms with E-state index in [2.05, 4.69) is 10.6 Å². The Morgan fingerprint density at radius 1 is 1.00 bits per heavy atom. The Kier molecular flexibility index (Phi) is 6.49. The smallest absolute Gasteiger partial charge is 0.418 e. The van der Waals surface area contributed by atoms with Crippen molar-refractivity contribution in [3.05, 3.63) is 72.2 Å². The molecule has 0 bridgehead atoms. The molecule has 0 saturated carbocycles. The second-order valence-electron chi connectivity index (χ2n) is 6.18. The number of carbonyl (C=O) groups is 2. The number of benzene rings is 2. The summed E-state index contributed by atoms with van der Waals surface area (Å²) < 4.78 is 55.8. The summed E-state index contributed by atoms with van der Waals surface area (Å²) in [5.74, 6) is -0.918. The second-order valence-corrected chi connectivity index (χ2v) is 6.18. The summed E-state index contributed by atoms with van der Waals surface area (Å²) in [6, 6.07) is 12.4. The van der Waals surface area contributed by atoms with Gasteiger partial charge in [0.1, 0.15) is 0 Å². The number of carbonyl (C=O) groups excluding carboxylic acids is 2. The van der Waals surface area contributed by atoms with Crippen LogP contribution in [-0.4, -0.2) is 25.5 Å². The van der Waals surface area contributed by atoms with Gasteiger partial charge in [-0.1, -0.05) is 12.1 Å². The average Bonchev–Trinajstić information content (AvgIpc) is 3.28. The van der Waals surface area contributed by atoms with Crippen LogP contribution in [0.25, 0.3) is 0 Å². The van der Waals surface area contributed by atoms with Crippen molar-refractivity contribution in [1.82, 2.24) is 0 Å². The van der Waals surface area contributed by atoms with Crippen LogP contribution < -0.4 is 20.1 Å². The number of hydrogen-bond acceptors (Lipinski definition) is 5. The van der Waals surface area contributed by atoms with Gasteiger partial charge in [-0.15, -0.1) is 0 Å². The lowest BCUT2D eigenvalue weighted by Gasteiger charge is -2.16. The monoisotopic (exact) mass is 434 g/mol. The van der Waals surface area contributed by atoms with Crippen LogP contribution in [0, 0.1) is 0 Å². The highest BCUT2D eigenvalue weighted by molar-refractivity contribution is 6.02. The largest absolute Gasteiger partial charge is 0.493 e. The minimum Gasteiger partial charge on any atom is -0.493 e. The number of hydrogen-bond donors (Lipinski definition) is 2. The molecule has 0 atom stereocenters. The first kappa shape index (κ1) is 21.8. The van der Waals surface area contributed by atoms with Gasteiger partial charge in [0.25, 0.3) is 11.8 Å². The topological polar surface area (TPSA) is 89.8 Å². The zero-order chi connectivity index (χ0) is 22.4. The van der Waals surface area contributed by atoms with Crippen LogP contribution in [-0.2, 0) is 11.0 Å². The molecule has 0 aliphatic rings. The minimum atomic E-state index is -4.78. The first-order valence-electron chi connectivity index (χ1n) is 8.89. The maximum atomic E-state index is 13.5. The molecule has 2 amide bonds. The lowest BCUT2D eigenvalue weighted by Crippen LogP contribution is -2.22. The van der Waals surface area contributed by atoms with Crippen molar-refractivity contribution in [2.24, 2.45) is 0 Å². The zero-order valence-corrected chi connectivity index (χ0v) is 16.2. The quantitative estimate of drug-likeness (QED) is 0.568. The fraction of sp³-hybridized carbons (Fsp3) is 0.143. The highest BCUT2D eigenvalue weighted by Gasteiger charge is 2.34. The Morgan fingerprint density at radius 3 is 2.39 bits per heavy atom. The normalized spacial score (nSPS) is 11.0. The Hall–Kier alpha value is -3.95. The minimum absolute atomic E-state index is 0.0561. The third-order valence-electron chi connectivity index (χ3n) is 4.03. The van der Waals surface area contributed by atoms with Crippen LogP contribution in [0.15, 0.2) is 65.3 Å². The number of nitrogens with one attached hydrogen (secondary N) is 2. The molecule has 0 radical (unpaired) electrons. The van der Waals surface area contributed by atoms with E-state index in [-0.39, 0.29) is 17.2 Å². The van der Waals surface area contributed by atoms with Crippen molar-refractivity contribution in [3.63, 3.8) is 0 Å². The Bertz CT molecular complexity index is 1070. The SMILES string of the molecule is COc1ccccc1OCC(=O)Nc1ccc(NC(=O)c2ccco2)cc1C(F)(F)F. The maximum Gasteiger partial charge on any atom is 0.418 e. The molecule has 0 fully saturated rings. The zero-order valence-electron chi connectivity index (χ0n) is 16.2. The van der Waals surface area contributed by atoms with E-state index in [4.69, 9.17) is 13.9 Å². The summed E-state index contributed by atoms with van der Waals surface area (Å²) in [5, 5.41) is 4.49. The Balaban J connectivity index is 1.72. The highest BCUT2D eigenvalue weighted by atomic mass is 19.4. The number of amides is 2. The van der Waals surface area contributed by atoms with Gasteiger partial charge in [0.15, 0.2) is 23.9 Å². The van der Waals surface area contributed by atoms with Gasteiger partial charge in [-0.25, -0.2) is 0 Å². The number of furan rings is 1. The van der Waals surface area contributed by atoms with Crippen LogP contribution >= 0.6 is 0 Å². The molecule has 0 aliphatic carbocycles. The van der Waals surface area contributed by atoms with Gasteiger partial charge in [-0.05, 0) is 42.5 Å². The Morgan fingerprint density at radius 2 is 1.74 bits per heavy atom.